The Morgan fingerprint density at radius 1 is 1.00 bits per heavy atom. The number of hydrogen-bond acceptors (Lipinski definition) is 5. The fraction of sp³-hybridized carbons (Fsp3) is 0.391. The molecule has 0 radical (unpaired) electrons. The molecule has 2 aromatic carbocycles. The summed E-state index contributed by atoms with van der Waals surface area (Å²) < 4.78 is 10.8. The topological polar surface area (TPSA) is 88.7 Å². The quantitative estimate of drug-likeness (QED) is 0.490. The summed E-state index contributed by atoms with van der Waals surface area (Å²) in [5.74, 6) is 0.771. The first-order valence-electron chi connectivity index (χ1n) is 10.3. The van der Waals surface area contributed by atoms with Crippen LogP contribution in [0.1, 0.15) is 25.3 Å². The second kappa shape index (κ2) is 10.6. The fourth-order valence-electron chi connectivity index (χ4n) is 2.90. The summed E-state index contributed by atoms with van der Waals surface area (Å²) in [7, 11) is 0. The molecule has 1 saturated carbocycles. The number of ether oxygens (including phenoxy) is 2. The Morgan fingerprint density at radius 3 is 2.37 bits per heavy atom. The van der Waals surface area contributed by atoms with Crippen molar-refractivity contribution in [3.8, 4) is 5.75 Å². The smallest absolute Gasteiger partial charge is 0.243 e. The van der Waals surface area contributed by atoms with Crippen LogP contribution < -0.4 is 20.7 Å². The van der Waals surface area contributed by atoms with Gasteiger partial charge in [-0.25, -0.2) is 0 Å². The van der Waals surface area contributed by atoms with E-state index in [9.17, 15) is 9.59 Å². The average Bonchev–Trinajstić information content (AvgIpc) is 3.59. The zero-order valence-corrected chi connectivity index (χ0v) is 17.5. The second-order valence-electron chi connectivity index (χ2n) is 7.21. The van der Waals surface area contributed by atoms with E-state index in [1.54, 1.807) is 0 Å². The monoisotopic (exact) mass is 411 g/mol. The molecule has 0 aromatic heterocycles. The van der Waals surface area contributed by atoms with Crippen molar-refractivity contribution in [2.24, 2.45) is 5.92 Å². The summed E-state index contributed by atoms with van der Waals surface area (Å²) in [5.41, 5.74) is 3.09. The predicted octanol–water partition coefficient (Wildman–Crippen LogP) is 3.81. The molecule has 0 atom stereocenters. The van der Waals surface area contributed by atoms with Crippen LogP contribution in [0, 0.1) is 12.8 Å². The van der Waals surface area contributed by atoms with Crippen LogP contribution in [0.15, 0.2) is 42.5 Å². The number of rotatable bonds is 11. The number of hydrogen-bond donors (Lipinski definition) is 3. The number of carbonyl (C=O) groups is 2. The molecule has 2 aromatic rings. The maximum Gasteiger partial charge on any atom is 0.243 e. The van der Waals surface area contributed by atoms with E-state index in [4.69, 9.17) is 9.47 Å². The van der Waals surface area contributed by atoms with Gasteiger partial charge < -0.3 is 25.4 Å². The molecule has 3 N–H and O–H groups in total. The van der Waals surface area contributed by atoms with Gasteiger partial charge in [0.1, 0.15) is 12.4 Å². The van der Waals surface area contributed by atoms with Crippen molar-refractivity contribution in [1.82, 2.24) is 0 Å². The Labute approximate surface area is 177 Å². The summed E-state index contributed by atoms with van der Waals surface area (Å²) >= 11 is 0. The zero-order chi connectivity index (χ0) is 21.3. The molecule has 3 rings (SSSR count). The lowest BCUT2D eigenvalue weighted by molar-refractivity contribution is -0.117. The van der Waals surface area contributed by atoms with Gasteiger partial charge in [0.15, 0.2) is 0 Å². The SMILES string of the molecule is CCOCCOc1ccc(NCC(=O)Nc2cccc(NC(=O)C3CC3)c2C)cc1. The van der Waals surface area contributed by atoms with Crippen LogP contribution in [-0.4, -0.2) is 38.2 Å². The van der Waals surface area contributed by atoms with Gasteiger partial charge >= 0.3 is 0 Å². The number of anilines is 3. The molecule has 160 valence electrons. The minimum absolute atomic E-state index is 0.0496. The Kier molecular flexibility index (Phi) is 7.68. The van der Waals surface area contributed by atoms with Gasteiger partial charge in [0, 0.05) is 29.6 Å². The molecule has 0 spiro atoms. The zero-order valence-electron chi connectivity index (χ0n) is 17.5. The van der Waals surface area contributed by atoms with E-state index in [0.717, 1.165) is 35.5 Å². The van der Waals surface area contributed by atoms with Gasteiger partial charge in [-0.2, -0.15) is 0 Å². The van der Waals surface area contributed by atoms with Gasteiger partial charge in [0.25, 0.3) is 0 Å². The molecule has 0 aliphatic heterocycles. The largest absolute Gasteiger partial charge is 0.491 e. The fourth-order valence-corrected chi connectivity index (χ4v) is 2.90. The molecule has 7 heteroatoms. The summed E-state index contributed by atoms with van der Waals surface area (Å²) in [6.45, 7) is 5.69. The van der Waals surface area contributed by atoms with E-state index in [0.29, 0.717) is 25.5 Å². The number of amides is 2. The van der Waals surface area contributed by atoms with Crippen LogP contribution in [0.5, 0.6) is 5.75 Å². The van der Waals surface area contributed by atoms with Crippen molar-refractivity contribution in [3.05, 3.63) is 48.0 Å². The molecular formula is C23H29N3O4. The summed E-state index contributed by atoms with van der Waals surface area (Å²) in [6.07, 6.45) is 1.90. The third kappa shape index (κ3) is 6.49. The number of benzene rings is 2. The van der Waals surface area contributed by atoms with E-state index >= 15 is 0 Å². The highest BCUT2D eigenvalue weighted by Gasteiger charge is 2.29. The third-order valence-electron chi connectivity index (χ3n) is 4.82. The van der Waals surface area contributed by atoms with Gasteiger partial charge in [-0.05, 0) is 68.7 Å². The standard InChI is InChI=1S/C23H29N3O4/c1-3-29-13-14-30-19-11-9-18(10-12-19)24-15-22(27)25-20-5-4-6-21(16(20)2)26-23(28)17-7-8-17/h4-6,9-12,17,24H,3,7-8,13-15H2,1-2H3,(H,25,27)(H,26,28). The highest BCUT2D eigenvalue weighted by atomic mass is 16.5. The predicted molar refractivity (Wildman–Crippen MR) is 118 cm³/mol. The lowest BCUT2D eigenvalue weighted by Crippen LogP contribution is -2.22. The van der Waals surface area contributed by atoms with E-state index < -0.39 is 0 Å². The Bertz CT molecular complexity index is 863. The lowest BCUT2D eigenvalue weighted by Gasteiger charge is -2.14. The molecule has 7 nitrogen and oxygen atoms in total. The molecule has 0 saturated heterocycles. The third-order valence-corrected chi connectivity index (χ3v) is 4.82. The highest BCUT2D eigenvalue weighted by molar-refractivity contribution is 5.98. The molecule has 1 aliphatic carbocycles. The Morgan fingerprint density at radius 2 is 1.70 bits per heavy atom. The van der Waals surface area contributed by atoms with Gasteiger partial charge in [-0.3, -0.25) is 9.59 Å². The first-order valence-corrected chi connectivity index (χ1v) is 10.3. The number of nitrogens with one attached hydrogen (secondary N) is 3. The first kappa shape index (κ1) is 21.6. The van der Waals surface area contributed by atoms with E-state index in [1.165, 1.54) is 0 Å². The van der Waals surface area contributed by atoms with Crippen molar-refractivity contribution >= 4 is 28.9 Å². The Hall–Kier alpha value is -3.06. The van der Waals surface area contributed by atoms with Gasteiger partial charge in [-0.15, -0.1) is 0 Å². The molecule has 1 fully saturated rings. The van der Waals surface area contributed by atoms with E-state index in [2.05, 4.69) is 16.0 Å². The van der Waals surface area contributed by atoms with Crippen LogP contribution in [0.25, 0.3) is 0 Å². The van der Waals surface area contributed by atoms with Crippen molar-refractivity contribution in [2.45, 2.75) is 26.7 Å². The minimum Gasteiger partial charge on any atom is -0.491 e. The molecule has 30 heavy (non-hydrogen) atoms. The van der Waals surface area contributed by atoms with Crippen molar-refractivity contribution < 1.29 is 19.1 Å². The van der Waals surface area contributed by atoms with E-state index in [1.807, 2.05) is 56.3 Å². The molecule has 0 bridgehead atoms. The maximum atomic E-state index is 12.4. The minimum atomic E-state index is -0.166. The van der Waals surface area contributed by atoms with Crippen LogP contribution in [0.2, 0.25) is 0 Å². The summed E-state index contributed by atoms with van der Waals surface area (Å²) in [4.78, 5) is 24.4. The van der Waals surface area contributed by atoms with Crippen LogP contribution in [-0.2, 0) is 14.3 Å². The van der Waals surface area contributed by atoms with E-state index in [-0.39, 0.29) is 24.3 Å². The average molecular weight is 412 g/mol. The van der Waals surface area contributed by atoms with Gasteiger partial charge in [-0.1, -0.05) is 6.07 Å². The van der Waals surface area contributed by atoms with Crippen molar-refractivity contribution in [3.63, 3.8) is 0 Å². The molecule has 1 aliphatic rings. The molecule has 2 amide bonds. The highest BCUT2D eigenvalue weighted by Crippen LogP contribution is 2.31. The number of carbonyl (C=O) groups excluding carboxylic acids is 2. The normalized spacial score (nSPS) is 12.9. The maximum absolute atomic E-state index is 12.4. The Balaban J connectivity index is 1.47. The van der Waals surface area contributed by atoms with Gasteiger partial charge in [0.05, 0.1) is 13.2 Å². The summed E-state index contributed by atoms with van der Waals surface area (Å²) in [6, 6.07) is 12.9. The summed E-state index contributed by atoms with van der Waals surface area (Å²) in [5, 5.41) is 8.94. The van der Waals surface area contributed by atoms with Crippen molar-refractivity contribution in [2.75, 3.05) is 42.3 Å². The molecule has 0 heterocycles. The van der Waals surface area contributed by atoms with Crippen LogP contribution >= 0.6 is 0 Å². The van der Waals surface area contributed by atoms with Crippen molar-refractivity contribution in [1.29, 1.82) is 0 Å². The van der Waals surface area contributed by atoms with Crippen LogP contribution in [0.3, 0.4) is 0 Å². The molecular weight excluding hydrogens is 382 g/mol. The second-order valence-corrected chi connectivity index (χ2v) is 7.21. The lowest BCUT2D eigenvalue weighted by atomic mass is 10.1. The first-order chi connectivity index (χ1) is 14.6. The molecule has 0 unspecified atom stereocenters. The van der Waals surface area contributed by atoms with Crippen LogP contribution in [0.4, 0.5) is 17.1 Å². The van der Waals surface area contributed by atoms with Gasteiger partial charge in [0.2, 0.25) is 11.8 Å².